The molecular formula is C29H35N5O6S. The number of hydrogen-bond donors (Lipinski definition) is 5. The third kappa shape index (κ3) is 8.26. The molecule has 3 aromatic rings. The van der Waals surface area contributed by atoms with Gasteiger partial charge in [0.05, 0.1) is 5.92 Å². The molecule has 5 N–H and O–H groups in total. The average Bonchev–Trinajstić information content (AvgIpc) is 3.00. The molecular weight excluding hydrogens is 546 g/mol. The number of carbonyl (C=O) groups is 3. The van der Waals surface area contributed by atoms with Crippen LogP contribution in [0.1, 0.15) is 53.9 Å². The molecule has 11 nitrogen and oxygen atoms in total. The van der Waals surface area contributed by atoms with E-state index >= 15 is 0 Å². The summed E-state index contributed by atoms with van der Waals surface area (Å²) >= 11 is 1.38. The number of nitrogens with one attached hydrogen (secondary N) is 2. The molecule has 0 aliphatic rings. The molecule has 3 rings (SSSR count). The van der Waals surface area contributed by atoms with Crippen LogP contribution in [0, 0.1) is 0 Å². The van der Waals surface area contributed by atoms with Crippen molar-refractivity contribution < 1.29 is 29.8 Å². The topological polar surface area (TPSA) is 165 Å². The van der Waals surface area contributed by atoms with Crippen LogP contribution in [0.5, 0.6) is 0 Å². The van der Waals surface area contributed by atoms with Gasteiger partial charge in [0.1, 0.15) is 11.6 Å². The standard InChI is InChI=1S/C29H35N5O6S/c1-41-20-23(21-13-15-22(16-14-21)27(36)32-19-7-3-2-4-12-26(35)33-40)29(39,28(37)38)34(24-10-5-8-17-30-24)25-11-6-9-18-31-25/h5-6,8-11,13-18,23,39-40H,2-4,7,12,19-20H2,1H3,(H,32,36)(H,33,35)(H,37,38)/t23?,29-/m1/s1. The van der Waals surface area contributed by atoms with Crippen molar-refractivity contribution in [3.05, 3.63) is 84.2 Å². The number of rotatable bonds is 16. The van der Waals surface area contributed by atoms with Crippen molar-refractivity contribution in [3.8, 4) is 0 Å². The van der Waals surface area contributed by atoms with E-state index in [1.54, 1.807) is 66.1 Å². The van der Waals surface area contributed by atoms with Crippen LogP contribution in [0.2, 0.25) is 0 Å². The zero-order valence-electron chi connectivity index (χ0n) is 22.8. The Kier molecular flexibility index (Phi) is 12.1. The van der Waals surface area contributed by atoms with Crippen LogP contribution in [0.15, 0.2) is 73.1 Å². The highest BCUT2D eigenvalue weighted by Crippen LogP contribution is 2.40. The van der Waals surface area contributed by atoms with Crippen LogP contribution < -0.4 is 15.7 Å². The van der Waals surface area contributed by atoms with Gasteiger partial charge in [-0.15, -0.1) is 0 Å². The molecule has 0 aliphatic carbocycles. The number of aliphatic carboxylic acids is 1. The molecule has 0 bridgehead atoms. The Bertz CT molecular complexity index is 1230. The number of carboxylic acid groups (broad SMARTS) is 1. The first-order valence-corrected chi connectivity index (χ1v) is 14.6. The minimum absolute atomic E-state index is 0.217. The van der Waals surface area contributed by atoms with Gasteiger partial charge in [-0.1, -0.05) is 37.1 Å². The zero-order valence-corrected chi connectivity index (χ0v) is 23.6. The molecule has 0 saturated heterocycles. The number of hydroxylamine groups is 1. The molecule has 2 aromatic heterocycles. The van der Waals surface area contributed by atoms with Gasteiger partial charge in [-0.3, -0.25) is 19.7 Å². The van der Waals surface area contributed by atoms with E-state index in [0.717, 1.165) is 19.3 Å². The molecule has 2 heterocycles. The molecule has 1 aromatic carbocycles. The molecule has 0 aliphatic heterocycles. The third-order valence-corrected chi connectivity index (χ3v) is 7.21. The smallest absolute Gasteiger partial charge is 0.358 e. The van der Waals surface area contributed by atoms with Crippen molar-refractivity contribution in [2.75, 3.05) is 23.5 Å². The maximum atomic E-state index is 12.9. The second-order valence-corrected chi connectivity index (χ2v) is 10.2. The molecule has 0 spiro atoms. The largest absolute Gasteiger partial charge is 0.478 e. The van der Waals surface area contributed by atoms with Crippen LogP contribution in [0.25, 0.3) is 0 Å². The summed E-state index contributed by atoms with van der Waals surface area (Å²) in [5.74, 6) is -2.38. The van der Waals surface area contributed by atoms with Gasteiger partial charge >= 0.3 is 5.97 Å². The molecule has 0 radical (unpaired) electrons. The van der Waals surface area contributed by atoms with E-state index in [9.17, 15) is 24.6 Å². The molecule has 2 atom stereocenters. The summed E-state index contributed by atoms with van der Waals surface area (Å²) in [4.78, 5) is 46.5. The lowest BCUT2D eigenvalue weighted by Gasteiger charge is -2.41. The molecule has 2 amide bonds. The van der Waals surface area contributed by atoms with E-state index in [1.165, 1.54) is 29.1 Å². The first kappa shape index (κ1) is 31.5. The van der Waals surface area contributed by atoms with Crippen molar-refractivity contribution in [2.45, 2.75) is 43.7 Å². The number of hydrogen-bond acceptors (Lipinski definition) is 9. The summed E-state index contributed by atoms with van der Waals surface area (Å²) < 4.78 is 0. The lowest BCUT2D eigenvalue weighted by molar-refractivity contribution is -0.159. The van der Waals surface area contributed by atoms with E-state index in [1.807, 2.05) is 6.26 Å². The summed E-state index contributed by atoms with van der Waals surface area (Å²) in [7, 11) is 0. The van der Waals surface area contributed by atoms with Crippen LogP contribution >= 0.6 is 11.8 Å². The number of amides is 2. The molecule has 0 saturated carbocycles. The minimum atomic E-state index is -2.46. The normalized spacial score (nSPS) is 13.0. The first-order valence-electron chi connectivity index (χ1n) is 13.2. The molecule has 41 heavy (non-hydrogen) atoms. The number of pyridine rings is 2. The van der Waals surface area contributed by atoms with Gasteiger partial charge in [0.25, 0.3) is 11.6 Å². The number of anilines is 2. The number of aromatic nitrogens is 2. The lowest BCUT2D eigenvalue weighted by Crippen LogP contribution is -2.58. The molecule has 1 unspecified atom stereocenters. The summed E-state index contributed by atoms with van der Waals surface area (Å²) in [6, 6.07) is 16.6. The van der Waals surface area contributed by atoms with Gasteiger partial charge in [-0.05, 0) is 61.1 Å². The average molecular weight is 582 g/mol. The van der Waals surface area contributed by atoms with Crippen molar-refractivity contribution in [3.63, 3.8) is 0 Å². The van der Waals surface area contributed by atoms with Gasteiger partial charge in [0.15, 0.2) is 0 Å². The predicted molar refractivity (Wildman–Crippen MR) is 156 cm³/mol. The zero-order chi connectivity index (χ0) is 29.7. The van der Waals surface area contributed by atoms with Gasteiger partial charge in [0, 0.05) is 36.7 Å². The SMILES string of the molecule is CSCC(c1ccc(C(=O)NCCCCCCC(=O)NO)cc1)[C@@](O)(C(=O)O)N(c1ccccn1)c1ccccn1. The van der Waals surface area contributed by atoms with Gasteiger partial charge in [-0.25, -0.2) is 20.2 Å². The highest BCUT2D eigenvalue weighted by Gasteiger charge is 2.52. The summed E-state index contributed by atoms with van der Waals surface area (Å²) in [5, 5.41) is 33.9. The Labute approximate surface area is 243 Å². The van der Waals surface area contributed by atoms with Crippen LogP contribution in [0.3, 0.4) is 0 Å². The minimum Gasteiger partial charge on any atom is -0.478 e. The van der Waals surface area contributed by atoms with Crippen molar-refractivity contribution in [1.29, 1.82) is 0 Å². The van der Waals surface area contributed by atoms with E-state index in [4.69, 9.17) is 5.21 Å². The maximum Gasteiger partial charge on any atom is 0.358 e. The highest BCUT2D eigenvalue weighted by atomic mass is 32.2. The first-order chi connectivity index (χ1) is 19.8. The fraction of sp³-hybridized carbons (Fsp3) is 0.345. The summed E-state index contributed by atoms with van der Waals surface area (Å²) in [5.41, 5.74) is 0.0751. The van der Waals surface area contributed by atoms with Crippen molar-refractivity contribution >= 4 is 41.2 Å². The summed E-state index contributed by atoms with van der Waals surface area (Å²) in [6.07, 6.45) is 8.12. The molecule has 12 heteroatoms. The Balaban J connectivity index is 1.79. The second kappa shape index (κ2) is 15.7. The molecule has 0 fully saturated rings. The predicted octanol–water partition coefficient (Wildman–Crippen LogP) is 3.72. The van der Waals surface area contributed by atoms with Crippen molar-refractivity contribution in [1.82, 2.24) is 20.8 Å². The Morgan fingerprint density at radius 1 is 0.927 bits per heavy atom. The van der Waals surface area contributed by atoms with Gasteiger partial charge in [0.2, 0.25) is 5.91 Å². The molecule has 218 valence electrons. The summed E-state index contributed by atoms with van der Waals surface area (Å²) in [6.45, 7) is 0.462. The maximum absolute atomic E-state index is 12.9. The fourth-order valence-electron chi connectivity index (χ4n) is 4.44. The van der Waals surface area contributed by atoms with E-state index in [0.29, 0.717) is 24.1 Å². The fourth-order valence-corrected chi connectivity index (χ4v) is 5.20. The Hall–Kier alpha value is -4.00. The third-order valence-electron chi connectivity index (χ3n) is 6.55. The monoisotopic (exact) mass is 581 g/mol. The van der Waals surface area contributed by atoms with E-state index in [-0.39, 0.29) is 29.7 Å². The number of aliphatic hydroxyl groups is 1. The highest BCUT2D eigenvalue weighted by molar-refractivity contribution is 7.98. The second-order valence-electron chi connectivity index (χ2n) is 9.33. The van der Waals surface area contributed by atoms with Gasteiger partial charge < -0.3 is 15.5 Å². The van der Waals surface area contributed by atoms with Crippen LogP contribution in [-0.2, 0) is 9.59 Å². The number of unbranched alkanes of at least 4 members (excludes halogenated alkanes) is 3. The Morgan fingerprint density at radius 2 is 1.54 bits per heavy atom. The van der Waals surface area contributed by atoms with Crippen molar-refractivity contribution in [2.24, 2.45) is 0 Å². The number of carbonyl (C=O) groups excluding carboxylic acids is 2. The lowest BCUT2D eigenvalue weighted by atomic mass is 9.87. The number of nitrogens with zero attached hydrogens (tertiary/aromatic N) is 3. The number of carboxylic acids is 1. The number of thioether (sulfide) groups is 1. The van der Waals surface area contributed by atoms with E-state index < -0.39 is 23.5 Å². The van der Waals surface area contributed by atoms with Crippen LogP contribution in [-0.4, -0.2) is 67.5 Å². The van der Waals surface area contributed by atoms with Gasteiger partial charge in [-0.2, -0.15) is 11.8 Å². The van der Waals surface area contributed by atoms with E-state index in [2.05, 4.69) is 15.3 Å². The Morgan fingerprint density at radius 3 is 2.05 bits per heavy atom. The quantitative estimate of drug-likeness (QED) is 0.0728. The van der Waals surface area contributed by atoms with Crippen LogP contribution in [0.4, 0.5) is 11.6 Å². The number of benzene rings is 1.